The molecule has 1 amide bonds. The number of aromatic nitrogens is 2. The molecular weight excluding hydrogens is 238 g/mol. The topological polar surface area (TPSA) is 97.4 Å². The zero-order valence-corrected chi connectivity index (χ0v) is 9.37. The van der Waals surface area contributed by atoms with Gasteiger partial charge in [0.2, 0.25) is 0 Å². The van der Waals surface area contributed by atoms with E-state index in [2.05, 4.69) is 10.3 Å². The molecule has 0 saturated heterocycles. The molecule has 0 saturated carbocycles. The summed E-state index contributed by atoms with van der Waals surface area (Å²) in [7, 11) is 0. The summed E-state index contributed by atoms with van der Waals surface area (Å²) in [6.07, 6.45) is 6.10. The molecule has 18 heavy (non-hydrogen) atoms. The maximum atomic E-state index is 11.6. The Labute approximate surface area is 102 Å². The predicted molar refractivity (Wildman–Crippen MR) is 60.2 cm³/mol. The number of aromatic carboxylic acids is 1. The fraction of sp³-hybridized carbons (Fsp3) is 0.182. The Hall–Kier alpha value is -2.57. The maximum absolute atomic E-state index is 11.6. The van der Waals surface area contributed by atoms with E-state index in [-0.39, 0.29) is 11.3 Å². The first-order valence-electron chi connectivity index (χ1n) is 5.22. The van der Waals surface area contributed by atoms with Crippen LogP contribution < -0.4 is 5.32 Å². The molecule has 0 aliphatic heterocycles. The minimum Gasteiger partial charge on any atom is -0.478 e. The number of rotatable bonds is 5. The highest BCUT2D eigenvalue weighted by Gasteiger charge is 2.13. The highest BCUT2D eigenvalue weighted by molar-refractivity contribution is 5.95. The normalized spacial score (nSPS) is 10.2. The van der Waals surface area contributed by atoms with E-state index in [1.807, 2.05) is 4.57 Å². The minimum atomic E-state index is -1.13. The van der Waals surface area contributed by atoms with Gasteiger partial charge in [-0.3, -0.25) is 4.79 Å². The summed E-state index contributed by atoms with van der Waals surface area (Å²) in [5, 5.41) is 11.3. The molecule has 0 bridgehead atoms. The quantitative estimate of drug-likeness (QED) is 0.808. The largest absolute Gasteiger partial charge is 0.478 e. The van der Waals surface area contributed by atoms with E-state index in [4.69, 9.17) is 9.52 Å². The fourth-order valence-electron chi connectivity index (χ4n) is 1.37. The van der Waals surface area contributed by atoms with Crippen LogP contribution >= 0.6 is 0 Å². The number of imidazole rings is 1. The van der Waals surface area contributed by atoms with Gasteiger partial charge in [0.15, 0.2) is 5.76 Å². The number of carboxylic acid groups (broad SMARTS) is 1. The maximum Gasteiger partial charge on any atom is 0.338 e. The second-order valence-electron chi connectivity index (χ2n) is 3.56. The van der Waals surface area contributed by atoms with Crippen LogP contribution in [-0.4, -0.2) is 33.1 Å². The Balaban J connectivity index is 1.85. The molecule has 0 aliphatic carbocycles. The van der Waals surface area contributed by atoms with E-state index < -0.39 is 11.9 Å². The first kappa shape index (κ1) is 11.9. The molecule has 0 spiro atoms. The summed E-state index contributed by atoms with van der Waals surface area (Å²) in [4.78, 5) is 26.1. The highest BCUT2D eigenvalue weighted by atomic mass is 16.4. The van der Waals surface area contributed by atoms with E-state index >= 15 is 0 Å². The van der Waals surface area contributed by atoms with Gasteiger partial charge in [0.05, 0.1) is 11.9 Å². The highest BCUT2D eigenvalue weighted by Crippen LogP contribution is 2.07. The molecule has 0 fully saturated rings. The number of furan rings is 1. The smallest absolute Gasteiger partial charge is 0.338 e. The van der Waals surface area contributed by atoms with Gasteiger partial charge >= 0.3 is 5.97 Å². The number of amides is 1. The van der Waals surface area contributed by atoms with Gasteiger partial charge in [-0.25, -0.2) is 9.78 Å². The van der Waals surface area contributed by atoms with E-state index in [0.29, 0.717) is 13.1 Å². The number of carboxylic acids is 1. The van der Waals surface area contributed by atoms with Gasteiger partial charge in [0, 0.05) is 31.5 Å². The van der Waals surface area contributed by atoms with Gasteiger partial charge in [0.1, 0.15) is 6.26 Å². The molecule has 0 aliphatic rings. The second-order valence-corrected chi connectivity index (χ2v) is 3.56. The van der Waals surface area contributed by atoms with E-state index in [0.717, 1.165) is 6.26 Å². The summed E-state index contributed by atoms with van der Waals surface area (Å²) in [5.74, 6) is -1.59. The van der Waals surface area contributed by atoms with Crippen molar-refractivity contribution in [3.63, 3.8) is 0 Å². The van der Waals surface area contributed by atoms with Crippen LogP contribution in [0.1, 0.15) is 20.9 Å². The molecule has 2 heterocycles. The number of hydrogen-bond donors (Lipinski definition) is 2. The second kappa shape index (κ2) is 5.17. The van der Waals surface area contributed by atoms with Crippen molar-refractivity contribution in [3.05, 3.63) is 42.4 Å². The molecule has 2 rings (SSSR count). The lowest BCUT2D eigenvalue weighted by Gasteiger charge is -2.03. The van der Waals surface area contributed by atoms with Crippen molar-refractivity contribution in [2.75, 3.05) is 6.54 Å². The first-order chi connectivity index (χ1) is 8.66. The van der Waals surface area contributed by atoms with Crippen molar-refractivity contribution in [1.29, 1.82) is 0 Å². The van der Waals surface area contributed by atoms with Gasteiger partial charge in [-0.15, -0.1) is 0 Å². The Morgan fingerprint density at radius 3 is 2.94 bits per heavy atom. The Morgan fingerprint density at radius 2 is 2.33 bits per heavy atom. The molecule has 7 heteroatoms. The van der Waals surface area contributed by atoms with Gasteiger partial charge < -0.3 is 19.4 Å². The van der Waals surface area contributed by atoms with Crippen molar-refractivity contribution in [2.45, 2.75) is 6.54 Å². The minimum absolute atomic E-state index is 0.0157. The predicted octanol–water partition coefficient (Wildman–Crippen LogP) is 0.604. The van der Waals surface area contributed by atoms with Crippen LogP contribution in [0.5, 0.6) is 0 Å². The molecule has 94 valence electrons. The Bertz CT molecular complexity index is 544. The molecule has 0 unspecified atom stereocenters. The number of carbonyl (C=O) groups excluding carboxylic acids is 1. The van der Waals surface area contributed by atoms with Crippen molar-refractivity contribution in [3.8, 4) is 0 Å². The van der Waals surface area contributed by atoms with E-state index in [1.54, 1.807) is 18.7 Å². The zero-order chi connectivity index (χ0) is 13.0. The summed E-state index contributed by atoms with van der Waals surface area (Å²) < 4.78 is 6.67. The summed E-state index contributed by atoms with van der Waals surface area (Å²) in [6, 6.07) is 1.19. The van der Waals surface area contributed by atoms with E-state index in [1.165, 1.54) is 6.07 Å². The van der Waals surface area contributed by atoms with Crippen molar-refractivity contribution in [1.82, 2.24) is 14.9 Å². The Morgan fingerprint density at radius 1 is 1.50 bits per heavy atom. The molecule has 2 aromatic heterocycles. The van der Waals surface area contributed by atoms with Crippen LogP contribution in [0, 0.1) is 0 Å². The third-order valence-electron chi connectivity index (χ3n) is 2.28. The van der Waals surface area contributed by atoms with Crippen LogP contribution in [0.4, 0.5) is 0 Å². The molecule has 2 aromatic rings. The number of hydrogen-bond acceptors (Lipinski definition) is 4. The lowest BCUT2D eigenvalue weighted by Crippen LogP contribution is -2.26. The third-order valence-corrected chi connectivity index (χ3v) is 2.28. The van der Waals surface area contributed by atoms with Gasteiger partial charge in [-0.05, 0) is 0 Å². The molecule has 2 N–H and O–H groups in total. The summed E-state index contributed by atoms with van der Waals surface area (Å²) in [6.45, 7) is 0.983. The fourth-order valence-corrected chi connectivity index (χ4v) is 1.37. The van der Waals surface area contributed by atoms with Gasteiger partial charge in [0.25, 0.3) is 5.91 Å². The lowest BCUT2D eigenvalue weighted by atomic mass is 10.3. The summed E-state index contributed by atoms with van der Waals surface area (Å²) >= 11 is 0. The molecule has 7 nitrogen and oxygen atoms in total. The van der Waals surface area contributed by atoms with Gasteiger partial charge in [-0.2, -0.15) is 0 Å². The zero-order valence-electron chi connectivity index (χ0n) is 9.37. The molecule has 0 aromatic carbocycles. The SMILES string of the molecule is O=C(O)c1coc(C(=O)NCCn2ccnc2)c1. The van der Waals surface area contributed by atoms with Crippen LogP contribution in [0.25, 0.3) is 0 Å². The summed E-state index contributed by atoms with van der Waals surface area (Å²) in [5.41, 5.74) is -0.0465. The van der Waals surface area contributed by atoms with Crippen LogP contribution in [0.15, 0.2) is 35.5 Å². The van der Waals surface area contributed by atoms with Crippen LogP contribution in [0.2, 0.25) is 0 Å². The van der Waals surface area contributed by atoms with Crippen molar-refractivity contribution < 1.29 is 19.1 Å². The van der Waals surface area contributed by atoms with E-state index in [9.17, 15) is 9.59 Å². The number of nitrogens with one attached hydrogen (secondary N) is 1. The Kier molecular flexibility index (Phi) is 3.42. The average molecular weight is 249 g/mol. The molecule has 0 radical (unpaired) electrons. The molecule has 0 atom stereocenters. The standard InChI is InChI=1S/C11H11N3O4/c15-10(9-5-8(6-18-9)11(16)17)13-2-4-14-3-1-12-7-14/h1,3,5-7H,2,4H2,(H,13,15)(H,16,17). The van der Waals surface area contributed by atoms with Gasteiger partial charge in [-0.1, -0.05) is 0 Å². The van der Waals surface area contributed by atoms with Crippen molar-refractivity contribution in [2.24, 2.45) is 0 Å². The number of carbonyl (C=O) groups is 2. The third kappa shape index (κ3) is 2.76. The monoisotopic (exact) mass is 249 g/mol. The van der Waals surface area contributed by atoms with Crippen LogP contribution in [-0.2, 0) is 6.54 Å². The van der Waals surface area contributed by atoms with Crippen LogP contribution in [0.3, 0.4) is 0 Å². The van der Waals surface area contributed by atoms with Crippen molar-refractivity contribution >= 4 is 11.9 Å². The number of nitrogens with zero attached hydrogens (tertiary/aromatic N) is 2. The lowest BCUT2D eigenvalue weighted by molar-refractivity contribution is 0.0696. The average Bonchev–Trinajstić information content (AvgIpc) is 2.99. The molecular formula is C11H11N3O4. The first-order valence-corrected chi connectivity index (χ1v) is 5.22.